The van der Waals surface area contributed by atoms with E-state index in [4.69, 9.17) is 10.1 Å². The van der Waals surface area contributed by atoms with Crippen LogP contribution in [0.3, 0.4) is 0 Å². The van der Waals surface area contributed by atoms with Gasteiger partial charge in [0.2, 0.25) is 0 Å². The standard InChI is InChI=1S/C21H26BN7O3S/c1-13-10-16-17(8-5-9-18(16)33(23)32)29(13)21-25-19(20(26-27-21)28(2)3)24-12-14-6-4-7-15(11-14)22(30)31/h4-9,11,13,30-31H,10,12,23H2,1-3H3,(H,24,25,27). The number of fused-ring (bicyclic) bond motifs is 1. The number of benzene rings is 2. The Labute approximate surface area is 195 Å². The molecule has 0 amide bonds. The Morgan fingerprint density at radius 3 is 2.70 bits per heavy atom. The molecule has 2 aromatic carbocycles. The van der Waals surface area contributed by atoms with Crippen LogP contribution in [0.15, 0.2) is 47.4 Å². The van der Waals surface area contributed by atoms with Crippen LogP contribution in [0.1, 0.15) is 18.1 Å². The number of anilines is 4. The van der Waals surface area contributed by atoms with Gasteiger partial charge in [0.05, 0.1) is 4.90 Å². The minimum absolute atomic E-state index is 0.0345. The molecule has 0 spiro atoms. The second kappa shape index (κ2) is 9.44. The first kappa shape index (κ1) is 23.1. The van der Waals surface area contributed by atoms with Crippen LogP contribution < -0.4 is 25.7 Å². The summed E-state index contributed by atoms with van der Waals surface area (Å²) < 4.78 is 12.0. The lowest BCUT2D eigenvalue weighted by molar-refractivity contribution is 0.425. The highest BCUT2D eigenvalue weighted by molar-refractivity contribution is 7.82. The summed E-state index contributed by atoms with van der Waals surface area (Å²) in [6, 6.07) is 12.6. The van der Waals surface area contributed by atoms with E-state index in [-0.39, 0.29) is 6.04 Å². The fraction of sp³-hybridized carbons (Fsp3) is 0.286. The second-order valence-corrected chi connectivity index (χ2v) is 9.16. The number of rotatable bonds is 7. The maximum absolute atomic E-state index is 12.0. The van der Waals surface area contributed by atoms with Gasteiger partial charge in [-0.2, -0.15) is 4.98 Å². The Morgan fingerprint density at radius 1 is 1.24 bits per heavy atom. The van der Waals surface area contributed by atoms with Crippen LogP contribution in [0.5, 0.6) is 0 Å². The van der Waals surface area contributed by atoms with Crippen molar-refractivity contribution in [3.8, 4) is 0 Å². The zero-order valence-corrected chi connectivity index (χ0v) is 19.5. The predicted octanol–water partition coefficient (Wildman–Crippen LogP) is 0.294. The van der Waals surface area contributed by atoms with E-state index in [9.17, 15) is 14.3 Å². The van der Waals surface area contributed by atoms with Gasteiger partial charge in [-0.3, -0.25) is 0 Å². The van der Waals surface area contributed by atoms with Crippen molar-refractivity contribution in [1.82, 2.24) is 15.2 Å². The molecule has 0 saturated heterocycles. The minimum atomic E-state index is -1.58. The van der Waals surface area contributed by atoms with Gasteiger partial charge in [-0.1, -0.05) is 30.3 Å². The molecule has 1 aliphatic rings. The van der Waals surface area contributed by atoms with Crippen molar-refractivity contribution in [3.05, 3.63) is 53.6 Å². The predicted molar refractivity (Wildman–Crippen MR) is 130 cm³/mol. The van der Waals surface area contributed by atoms with E-state index in [0.717, 1.165) is 16.8 Å². The van der Waals surface area contributed by atoms with E-state index >= 15 is 0 Å². The van der Waals surface area contributed by atoms with Gasteiger partial charge >= 0.3 is 7.12 Å². The molecule has 0 bridgehead atoms. The van der Waals surface area contributed by atoms with Gasteiger partial charge in [-0.25, -0.2) is 9.35 Å². The molecule has 12 heteroatoms. The fourth-order valence-electron chi connectivity index (χ4n) is 3.99. The molecule has 2 atom stereocenters. The van der Waals surface area contributed by atoms with Crippen LogP contribution in [-0.2, 0) is 24.0 Å². The third-order valence-corrected chi connectivity index (χ3v) is 6.35. The lowest BCUT2D eigenvalue weighted by Crippen LogP contribution is -2.30. The zero-order chi connectivity index (χ0) is 23.7. The SMILES string of the molecule is CC1Cc2c(cccc2S(N)=O)N1c1nnc(N(C)C)c(NCc2cccc(B(O)O)c2)n1. The fourth-order valence-corrected chi connectivity index (χ4v) is 4.63. The van der Waals surface area contributed by atoms with Crippen LogP contribution in [0.2, 0.25) is 0 Å². The smallest absolute Gasteiger partial charge is 0.423 e. The Bertz CT molecular complexity index is 1190. The van der Waals surface area contributed by atoms with Gasteiger partial charge in [0, 0.05) is 32.4 Å². The lowest BCUT2D eigenvalue weighted by atomic mass is 9.80. The zero-order valence-electron chi connectivity index (χ0n) is 18.6. The molecule has 33 heavy (non-hydrogen) atoms. The van der Waals surface area contributed by atoms with Gasteiger partial charge in [-0.05, 0) is 42.1 Å². The molecule has 0 saturated carbocycles. The molecule has 5 N–H and O–H groups in total. The number of nitrogens with one attached hydrogen (secondary N) is 1. The molecule has 1 aliphatic heterocycles. The van der Waals surface area contributed by atoms with E-state index < -0.39 is 18.1 Å². The van der Waals surface area contributed by atoms with Crippen LogP contribution in [0.4, 0.5) is 23.3 Å². The van der Waals surface area contributed by atoms with Crippen LogP contribution in [-0.4, -0.2) is 56.7 Å². The summed E-state index contributed by atoms with van der Waals surface area (Å²) in [5, 5.41) is 36.6. The largest absolute Gasteiger partial charge is 0.488 e. The first-order valence-corrected chi connectivity index (χ1v) is 11.7. The Hall–Kier alpha value is -3.06. The Kier molecular flexibility index (Phi) is 6.61. The number of hydrogen-bond donors (Lipinski definition) is 4. The first-order chi connectivity index (χ1) is 15.8. The Morgan fingerprint density at radius 2 is 2.00 bits per heavy atom. The normalized spacial score (nSPS) is 15.8. The maximum atomic E-state index is 12.0. The number of nitrogens with zero attached hydrogens (tertiary/aromatic N) is 5. The summed E-state index contributed by atoms with van der Waals surface area (Å²) in [6.07, 6.45) is 0.673. The van der Waals surface area contributed by atoms with E-state index in [1.54, 1.807) is 24.3 Å². The topological polar surface area (TPSA) is 141 Å². The van der Waals surface area contributed by atoms with Crippen molar-refractivity contribution < 1.29 is 14.3 Å². The van der Waals surface area contributed by atoms with Crippen molar-refractivity contribution in [1.29, 1.82) is 0 Å². The average molecular weight is 467 g/mol. The van der Waals surface area contributed by atoms with Gasteiger partial charge < -0.3 is 25.2 Å². The van der Waals surface area contributed by atoms with E-state index in [1.165, 1.54) is 0 Å². The molecule has 172 valence electrons. The number of hydrogen-bond acceptors (Lipinski definition) is 9. The summed E-state index contributed by atoms with van der Waals surface area (Å²) in [5.41, 5.74) is 3.08. The highest BCUT2D eigenvalue weighted by Gasteiger charge is 2.32. The summed E-state index contributed by atoms with van der Waals surface area (Å²) >= 11 is 0. The first-order valence-electron chi connectivity index (χ1n) is 10.4. The molecule has 0 fully saturated rings. The average Bonchev–Trinajstić information content (AvgIpc) is 3.13. The van der Waals surface area contributed by atoms with Crippen LogP contribution in [0.25, 0.3) is 0 Å². The van der Waals surface area contributed by atoms with Gasteiger partial charge in [-0.15, -0.1) is 10.2 Å². The van der Waals surface area contributed by atoms with E-state index in [2.05, 4.69) is 15.5 Å². The maximum Gasteiger partial charge on any atom is 0.488 e. The molecule has 0 radical (unpaired) electrons. The summed E-state index contributed by atoms with van der Waals surface area (Å²) in [6.45, 7) is 2.45. The molecule has 4 rings (SSSR count). The molecule has 2 heterocycles. The molecule has 10 nitrogen and oxygen atoms in total. The molecule has 2 unspecified atom stereocenters. The van der Waals surface area contributed by atoms with Gasteiger partial charge in [0.1, 0.15) is 11.0 Å². The molecule has 1 aromatic heterocycles. The summed E-state index contributed by atoms with van der Waals surface area (Å²) in [5.74, 6) is 1.54. The van der Waals surface area contributed by atoms with Crippen LogP contribution >= 0.6 is 0 Å². The highest BCUT2D eigenvalue weighted by Crippen LogP contribution is 2.39. The number of nitrogens with two attached hydrogens (primary N) is 1. The molecule has 3 aromatic rings. The number of aromatic nitrogens is 3. The van der Waals surface area contributed by atoms with Crippen LogP contribution in [0, 0.1) is 0 Å². The minimum Gasteiger partial charge on any atom is -0.423 e. The summed E-state index contributed by atoms with van der Waals surface area (Å²) in [7, 11) is 0.607. The van der Waals surface area contributed by atoms with Crippen molar-refractivity contribution in [2.45, 2.75) is 30.8 Å². The Balaban J connectivity index is 1.67. The highest BCUT2D eigenvalue weighted by atomic mass is 32.2. The van der Waals surface area contributed by atoms with Crippen molar-refractivity contribution in [3.63, 3.8) is 0 Å². The molecular formula is C21H26BN7O3S. The third-order valence-electron chi connectivity index (χ3n) is 5.53. The third kappa shape index (κ3) is 4.69. The molecule has 0 aliphatic carbocycles. The second-order valence-electron chi connectivity index (χ2n) is 8.13. The monoisotopic (exact) mass is 467 g/mol. The van der Waals surface area contributed by atoms with Crippen molar-refractivity contribution in [2.24, 2.45) is 5.14 Å². The molecular weight excluding hydrogens is 441 g/mol. The lowest BCUT2D eigenvalue weighted by Gasteiger charge is -2.24. The van der Waals surface area contributed by atoms with Crippen molar-refractivity contribution in [2.75, 3.05) is 29.2 Å². The van der Waals surface area contributed by atoms with Gasteiger partial charge in [0.25, 0.3) is 5.95 Å². The van der Waals surface area contributed by atoms with Gasteiger partial charge in [0.15, 0.2) is 11.6 Å². The van der Waals surface area contributed by atoms with Crippen molar-refractivity contribution >= 4 is 46.8 Å². The quantitative estimate of drug-likeness (QED) is 0.361. The van der Waals surface area contributed by atoms with E-state index in [1.807, 2.05) is 49.0 Å². The summed E-state index contributed by atoms with van der Waals surface area (Å²) in [4.78, 5) is 9.18. The van der Waals surface area contributed by atoms with E-state index in [0.29, 0.717) is 40.9 Å².